The Bertz CT molecular complexity index is 250. The Kier molecular flexibility index (Phi) is 1.87. The number of allylic oxidation sites excluding steroid dienone is 4. The first kappa shape index (κ1) is 7.78. The average molecular weight is 162 g/mol. The summed E-state index contributed by atoms with van der Waals surface area (Å²) < 4.78 is 0. The van der Waals surface area contributed by atoms with E-state index in [4.69, 9.17) is 0 Å². The largest absolute Gasteiger partial charge is 0.295 e. The number of rotatable bonds is 0. The molecule has 0 aromatic heterocycles. The van der Waals surface area contributed by atoms with Gasteiger partial charge in [-0.3, -0.25) is 4.79 Å². The fraction of sp³-hybridized carbons (Fsp3) is 0.545. The molecule has 1 spiro atoms. The van der Waals surface area contributed by atoms with Gasteiger partial charge in [-0.15, -0.1) is 0 Å². The van der Waals surface area contributed by atoms with Crippen LogP contribution in [-0.4, -0.2) is 5.78 Å². The van der Waals surface area contributed by atoms with Gasteiger partial charge >= 0.3 is 0 Å². The minimum atomic E-state index is 0.301. The fourth-order valence-electron chi connectivity index (χ4n) is 2.10. The topological polar surface area (TPSA) is 17.1 Å². The molecule has 1 nitrogen and oxygen atoms in total. The van der Waals surface area contributed by atoms with Crippen LogP contribution in [0.25, 0.3) is 0 Å². The predicted octanol–water partition coefficient (Wildman–Crippen LogP) is 2.63. The summed E-state index contributed by atoms with van der Waals surface area (Å²) in [4.78, 5) is 11.0. The van der Waals surface area contributed by atoms with Crippen molar-refractivity contribution in [2.24, 2.45) is 5.41 Å². The molecule has 0 fully saturated rings. The molecule has 2 aliphatic carbocycles. The van der Waals surface area contributed by atoms with Gasteiger partial charge in [0.1, 0.15) is 0 Å². The van der Waals surface area contributed by atoms with Crippen LogP contribution in [-0.2, 0) is 4.79 Å². The first-order valence-corrected chi connectivity index (χ1v) is 4.68. The highest BCUT2D eigenvalue weighted by Crippen LogP contribution is 2.40. The van der Waals surface area contributed by atoms with Crippen LogP contribution in [0.4, 0.5) is 0 Å². The van der Waals surface area contributed by atoms with Crippen LogP contribution in [0.15, 0.2) is 24.3 Å². The third-order valence-electron chi connectivity index (χ3n) is 2.99. The highest BCUT2D eigenvalue weighted by Gasteiger charge is 2.30. The number of hydrogen-bond donors (Lipinski definition) is 0. The Morgan fingerprint density at radius 1 is 1.25 bits per heavy atom. The Morgan fingerprint density at radius 3 is 2.75 bits per heavy atom. The van der Waals surface area contributed by atoms with Crippen LogP contribution >= 0.6 is 0 Å². The molecule has 1 atom stereocenters. The van der Waals surface area contributed by atoms with Crippen LogP contribution in [0, 0.1) is 5.41 Å². The summed E-state index contributed by atoms with van der Waals surface area (Å²) in [6.45, 7) is 0. The molecule has 0 unspecified atom stereocenters. The maximum absolute atomic E-state index is 11.0. The molecule has 64 valence electrons. The molecule has 2 aliphatic rings. The van der Waals surface area contributed by atoms with Crippen LogP contribution in [0.1, 0.15) is 32.1 Å². The molecule has 0 aromatic carbocycles. The molecule has 12 heavy (non-hydrogen) atoms. The zero-order valence-corrected chi connectivity index (χ0v) is 7.25. The fourth-order valence-corrected chi connectivity index (χ4v) is 2.10. The maximum atomic E-state index is 11.0. The van der Waals surface area contributed by atoms with Crippen LogP contribution < -0.4 is 0 Å². The summed E-state index contributed by atoms with van der Waals surface area (Å²) in [6, 6.07) is 0. The molecular formula is C11H14O. The average Bonchev–Trinajstić information content (AvgIpc) is 2.13. The molecule has 0 aromatic rings. The van der Waals surface area contributed by atoms with Crippen molar-refractivity contribution < 1.29 is 4.79 Å². The summed E-state index contributed by atoms with van der Waals surface area (Å²) in [5.74, 6) is 0.301. The second-order valence-electron chi connectivity index (χ2n) is 3.88. The molecule has 2 rings (SSSR count). The molecule has 0 saturated carbocycles. The Hall–Kier alpha value is -0.850. The van der Waals surface area contributed by atoms with E-state index in [1.165, 1.54) is 12.8 Å². The molecule has 0 heterocycles. The van der Waals surface area contributed by atoms with E-state index in [0.29, 0.717) is 11.2 Å². The third-order valence-corrected chi connectivity index (χ3v) is 2.99. The highest BCUT2D eigenvalue weighted by atomic mass is 16.1. The molecule has 0 N–H and O–H groups in total. The zero-order valence-electron chi connectivity index (χ0n) is 7.25. The van der Waals surface area contributed by atoms with Gasteiger partial charge in [0.25, 0.3) is 0 Å². The van der Waals surface area contributed by atoms with E-state index in [1.54, 1.807) is 6.08 Å². The minimum Gasteiger partial charge on any atom is -0.295 e. The van der Waals surface area contributed by atoms with Crippen LogP contribution in [0.5, 0.6) is 0 Å². The van der Waals surface area contributed by atoms with Crippen LogP contribution in [0.2, 0.25) is 0 Å². The van der Waals surface area contributed by atoms with Gasteiger partial charge in [0.15, 0.2) is 5.78 Å². The summed E-state index contributed by atoms with van der Waals surface area (Å²) in [6.07, 6.45) is 13.8. The molecule has 0 saturated heterocycles. The lowest BCUT2D eigenvalue weighted by molar-refractivity contribution is -0.115. The molecular weight excluding hydrogens is 148 g/mol. The molecule has 0 radical (unpaired) electrons. The summed E-state index contributed by atoms with van der Waals surface area (Å²) in [7, 11) is 0. The van der Waals surface area contributed by atoms with Gasteiger partial charge in [-0.1, -0.05) is 18.2 Å². The summed E-state index contributed by atoms with van der Waals surface area (Å²) in [5, 5.41) is 0. The number of carbonyl (C=O) groups is 1. The van der Waals surface area contributed by atoms with E-state index in [0.717, 1.165) is 19.3 Å². The standard InChI is InChI=1S/C11H14O/c12-10-4-8-11(9-5-10)6-2-1-3-7-11/h1-2,4,8H,3,5-7,9H2/t11-/m0/s1. The smallest absolute Gasteiger partial charge is 0.155 e. The van der Waals surface area contributed by atoms with Crippen molar-refractivity contribution in [3.8, 4) is 0 Å². The second-order valence-corrected chi connectivity index (χ2v) is 3.88. The number of carbonyl (C=O) groups excluding carboxylic acids is 1. The molecule has 0 aliphatic heterocycles. The quantitative estimate of drug-likeness (QED) is 0.500. The predicted molar refractivity (Wildman–Crippen MR) is 48.8 cm³/mol. The van der Waals surface area contributed by atoms with Gasteiger partial charge < -0.3 is 0 Å². The van der Waals surface area contributed by atoms with E-state index in [1.807, 2.05) is 0 Å². The van der Waals surface area contributed by atoms with Crippen molar-refractivity contribution in [3.63, 3.8) is 0 Å². The number of ketones is 1. The molecule has 1 heteroatoms. The normalized spacial score (nSPS) is 34.5. The van der Waals surface area contributed by atoms with E-state index >= 15 is 0 Å². The minimum absolute atomic E-state index is 0.301. The monoisotopic (exact) mass is 162 g/mol. The first-order chi connectivity index (χ1) is 5.81. The summed E-state index contributed by atoms with van der Waals surface area (Å²) >= 11 is 0. The second kappa shape index (κ2) is 2.89. The van der Waals surface area contributed by atoms with Crippen molar-refractivity contribution in [2.45, 2.75) is 32.1 Å². The van der Waals surface area contributed by atoms with Crippen molar-refractivity contribution in [1.29, 1.82) is 0 Å². The van der Waals surface area contributed by atoms with E-state index < -0.39 is 0 Å². The van der Waals surface area contributed by atoms with Crippen molar-refractivity contribution in [2.75, 3.05) is 0 Å². The van der Waals surface area contributed by atoms with Gasteiger partial charge in [0.05, 0.1) is 0 Å². The van der Waals surface area contributed by atoms with Gasteiger partial charge in [-0.05, 0) is 37.2 Å². The lowest BCUT2D eigenvalue weighted by Gasteiger charge is -2.33. The highest BCUT2D eigenvalue weighted by molar-refractivity contribution is 5.90. The van der Waals surface area contributed by atoms with Gasteiger partial charge in [-0.2, -0.15) is 0 Å². The Balaban J connectivity index is 2.16. The zero-order chi connectivity index (χ0) is 8.44. The third kappa shape index (κ3) is 1.36. The first-order valence-electron chi connectivity index (χ1n) is 4.68. The van der Waals surface area contributed by atoms with E-state index in [9.17, 15) is 4.79 Å². The Labute approximate surface area is 73.2 Å². The summed E-state index contributed by atoms with van der Waals surface area (Å²) in [5.41, 5.74) is 0.350. The lowest BCUT2D eigenvalue weighted by atomic mass is 9.71. The van der Waals surface area contributed by atoms with Gasteiger partial charge in [-0.25, -0.2) is 0 Å². The lowest BCUT2D eigenvalue weighted by Crippen LogP contribution is -2.23. The van der Waals surface area contributed by atoms with Crippen molar-refractivity contribution in [1.82, 2.24) is 0 Å². The van der Waals surface area contributed by atoms with Crippen molar-refractivity contribution in [3.05, 3.63) is 24.3 Å². The van der Waals surface area contributed by atoms with Gasteiger partial charge in [0.2, 0.25) is 0 Å². The Morgan fingerprint density at radius 2 is 2.17 bits per heavy atom. The van der Waals surface area contributed by atoms with E-state index in [-0.39, 0.29) is 0 Å². The van der Waals surface area contributed by atoms with Crippen LogP contribution in [0.3, 0.4) is 0 Å². The SMILES string of the molecule is O=C1C=C[C@@]2(CC=CCC2)CC1. The molecule has 0 bridgehead atoms. The van der Waals surface area contributed by atoms with E-state index in [2.05, 4.69) is 18.2 Å². The maximum Gasteiger partial charge on any atom is 0.155 e. The van der Waals surface area contributed by atoms with Gasteiger partial charge in [0, 0.05) is 6.42 Å². The molecule has 0 amide bonds. The van der Waals surface area contributed by atoms with Crippen molar-refractivity contribution >= 4 is 5.78 Å². The number of hydrogen-bond acceptors (Lipinski definition) is 1.